The molecule has 2 rings (SSSR count). The summed E-state index contributed by atoms with van der Waals surface area (Å²) in [5, 5.41) is 10.8. The lowest BCUT2D eigenvalue weighted by Crippen LogP contribution is -1.99. The van der Waals surface area contributed by atoms with Gasteiger partial charge in [-0.3, -0.25) is 0 Å². The van der Waals surface area contributed by atoms with Crippen LogP contribution in [-0.4, -0.2) is 18.3 Å². The van der Waals surface area contributed by atoms with Crippen LogP contribution in [0.15, 0.2) is 48.5 Å². The van der Waals surface area contributed by atoms with Gasteiger partial charge in [-0.1, -0.05) is 53.3 Å². The number of hydrogen-bond acceptors (Lipinski definition) is 4. The maximum absolute atomic E-state index is 10.3. The summed E-state index contributed by atoms with van der Waals surface area (Å²) in [5.41, 5.74) is 1.84. The van der Waals surface area contributed by atoms with Gasteiger partial charge in [-0.05, 0) is 37.6 Å². The highest BCUT2D eigenvalue weighted by Gasteiger charge is 2.25. The number of halogens is 1. The van der Waals surface area contributed by atoms with Crippen molar-refractivity contribution in [3.63, 3.8) is 0 Å². The van der Waals surface area contributed by atoms with Crippen LogP contribution in [0.1, 0.15) is 30.2 Å². The first-order valence-electron chi connectivity index (χ1n) is 7.41. The van der Waals surface area contributed by atoms with E-state index in [4.69, 9.17) is 20.6 Å². The fourth-order valence-electron chi connectivity index (χ4n) is 2.06. The van der Waals surface area contributed by atoms with Crippen molar-refractivity contribution in [1.82, 2.24) is 0 Å². The molecule has 6 heteroatoms. The first-order valence-corrected chi connectivity index (χ1v) is 10.5. The van der Waals surface area contributed by atoms with Gasteiger partial charge in [-0.15, -0.1) is 0 Å². The number of hydrogen-bond donors (Lipinski definition) is 1. The minimum absolute atomic E-state index is 0.112. The van der Waals surface area contributed by atoms with E-state index in [1.807, 2.05) is 44.2 Å². The molecule has 1 N–H and O–H groups in total. The molecule has 0 heterocycles. The first-order chi connectivity index (χ1) is 11.2. The van der Waals surface area contributed by atoms with E-state index < -0.39 is 7.58 Å². The fourth-order valence-corrected chi connectivity index (χ4v) is 5.83. The van der Waals surface area contributed by atoms with Crippen molar-refractivity contribution in [2.24, 2.45) is 0 Å². The van der Waals surface area contributed by atoms with Crippen molar-refractivity contribution in [3.05, 3.63) is 64.7 Å². The summed E-state index contributed by atoms with van der Waals surface area (Å²) in [5.74, 6) is 0.221. The third-order valence-electron chi connectivity index (χ3n) is 3.03. The van der Waals surface area contributed by atoms with E-state index in [9.17, 15) is 5.11 Å². The molecule has 0 radical (unpaired) electrons. The molecule has 0 amide bonds. The SMILES string of the molecule is CCOP(OCC)SC(c1ccccc1)c1cc(Cl)ccc1O. The molecule has 0 saturated heterocycles. The van der Waals surface area contributed by atoms with Crippen LogP contribution in [0.2, 0.25) is 5.02 Å². The first kappa shape index (κ1) is 18.6. The molecule has 0 saturated carbocycles. The quantitative estimate of drug-likeness (QED) is 0.564. The van der Waals surface area contributed by atoms with E-state index in [0.29, 0.717) is 18.2 Å². The maximum atomic E-state index is 10.3. The average Bonchev–Trinajstić information content (AvgIpc) is 2.56. The van der Waals surface area contributed by atoms with Crippen molar-refractivity contribution >= 4 is 30.6 Å². The normalized spacial score (nSPS) is 12.5. The van der Waals surface area contributed by atoms with Gasteiger partial charge in [0.1, 0.15) is 5.75 Å². The van der Waals surface area contributed by atoms with E-state index in [2.05, 4.69) is 0 Å². The number of rotatable bonds is 8. The highest BCUT2D eigenvalue weighted by atomic mass is 35.5. The summed E-state index contributed by atoms with van der Waals surface area (Å²) in [7, 11) is -1.11. The Balaban J connectivity index is 2.37. The summed E-state index contributed by atoms with van der Waals surface area (Å²) in [6, 6.07) is 15.1. The van der Waals surface area contributed by atoms with Gasteiger partial charge in [0.2, 0.25) is 7.58 Å². The topological polar surface area (TPSA) is 38.7 Å². The summed E-state index contributed by atoms with van der Waals surface area (Å²) in [6.45, 7) is 5.07. The van der Waals surface area contributed by atoms with Crippen LogP contribution in [-0.2, 0) is 9.05 Å². The van der Waals surface area contributed by atoms with Gasteiger partial charge in [-0.2, -0.15) is 0 Å². The fraction of sp³-hybridized carbons (Fsp3) is 0.294. The smallest absolute Gasteiger partial charge is 0.238 e. The second-order valence-corrected chi connectivity index (χ2v) is 8.27. The van der Waals surface area contributed by atoms with Crippen molar-refractivity contribution in [3.8, 4) is 5.75 Å². The Labute approximate surface area is 147 Å². The molecule has 0 aliphatic heterocycles. The molecule has 0 aliphatic carbocycles. The Hall–Kier alpha value is -0.770. The molecule has 23 heavy (non-hydrogen) atoms. The van der Waals surface area contributed by atoms with Crippen LogP contribution in [0.5, 0.6) is 5.75 Å². The average molecular weight is 371 g/mol. The second kappa shape index (κ2) is 9.51. The predicted octanol–water partition coefficient (Wildman–Crippen LogP) is 6.17. The zero-order valence-corrected chi connectivity index (χ0v) is 15.6. The van der Waals surface area contributed by atoms with E-state index >= 15 is 0 Å². The lowest BCUT2D eigenvalue weighted by Gasteiger charge is -2.23. The Morgan fingerprint density at radius 1 is 1.09 bits per heavy atom. The van der Waals surface area contributed by atoms with Gasteiger partial charge in [-0.25, -0.2) is 0 Å². The van der Waals surface area contributed by atoms with E-state index in [-0.39, 0.29) is 11.0 Å². The molecule has 0 aromatic heterocycles. The maximum Gasteiger partial charge on any atom is 0.238 e. The predicted molar refractivity (Wildman–Crippen MR) is 99.2 cm³/mol. The summed E-state index contributed by atoms with van der Waals surface area (Å²) < 4.78 is 11.4. The summed E-state index contributed by atoms with van der Waals surface area (Å²) in [6.07, 6.45) is 0. The van der Waals surface area contributed by atoms with Gasteiger partial charge in [0.25, 0.3) is 0 Å². The molecule has 0 spiro atoms. The Kier molecular flexibility index (Phi) is 7.68. The molecule has 0 bridgehead atoms. The molecule has 1 atom stereocenters. The number of aromatic hydroxyl groups is 1. The second-order valence-electron chi connectivity index (χ2n) is 4.66. The van der Waals surface area contributed by atoms with Crippen LogP contribution in [0, 0.1) is 0 Å². The molecule has 1 unspecified atom stereocenters. The highest BCUT2D eigenvalue weighted by Crippen LogP contribution is 2.60. The van der Waals surface area contributed by atoms with Crippen molar-refractivity contribution in [2.45, 2.75) is 19.1 Å². The third kappa shape index (κ3) is 5.37. The lowest BCUT2D eigenvalue weighted by molar-refractivity contribution is 0.283. The van der Waals surface area contributed by atoms with Gasteiger partial charge in [0.15, 0.2) is 0 Å². The molecular weight excluding hydrogens is 351 g/mol. The van der Waals surface area contributed by atoms with Gasteiger partial charge < -0.3 is 14.2 Å². The molecule has 0 aliphatic rings. The van der Waals surface area contributed by atoms with Gasteiger partial charge >= 0.3 is 0 Å². The molecular formula is C17H20ClO3PS. The lowest BCUT2D eigenvalue weighted by atomic mass is 10.0. The zero-order valence-electron chi connectivity index (χ0n) is 13.1. The van der Waals surface area contributed by atoms with Crippen LogP contribution in [0.3, 0.4) is 0 Å². The molecule has 2 aromatic carbocycles. The van der Waals surface area contributed by atoms with Crippen molar-refractivity contribution < 1.29 is 14.2 Å². The van der Waals surface area contributed by atoms with E-state index in [1.54, 1.807) is 29.6 Å². The van der Waals surface area contributed by atoms with E-state index in [1.165, 1.54) is 0 Å². The molecule has 124 valence electrons. The highest BCUT2D eigenvalue weighted by molar-refractivity contribution is 8.53. The summed E-state index contributed by atoms with van der Waals surface area (Å²) >= 11 is 7.70. The van der Waals surface area contributed by atoms with Crippen LogP contribution >= 0.6 is 30.6 Å². The van der Waals surface area contributed by atoms with Crippen LogP contribution < -0.4 is 0 Å². The largest absolute Gasteiger partial charge is 0.508 e. The standard InChI is InChI=1S/C17H20ClO3PS/c1-3-20-22(21-4-2)23-17(13-8-6-5-7-9-13)15-12-14(18)10-11-16(15)19/h5-12,17,19H,3-4H2,1-2H3. The summed E-state index contributed by atoms with van der Waals surface area (Å²) in [4.78, 5) is 0. The molecule has 2 aromatic rings. The van der Waals surface area contributed by atoms with Crippen LogP contribution in [0.4, 0.5) is 0 Å². The van der Waals surface area contributed by atoms with Gasteiger partial charge in [0, 0.05) is 10.6 Å². The third-order valence-corrected chi connectivity index (χ3v) is 6.90. The monoisotopic (exact) mass is 370 g/mol. The molecule has 3 nitrogen and oxygen atoms in total. The zero-order chi connectivity index (χ0) is 16.7. The number of benzene rings is 2. The molecule has 0 fully saturated rings. The van der Waals surface area contributed by atoms with Crippen LogP contribution in [0.25, 0.3) is 0 Å². The minimum Gasteiger partial charge on any atom is -0.508 e. The number of phenolic OH excluding ortho intramolecular Hbond substituents is 1. The Morgan fingerprint density at radius 2 is 1.74 bits per heavy atom. The van der Waals surface area contributed by atoms with Crippen molar-refractivity contribution in [1.29, 1.82) is 0 Å². The van der Waals surface area contributed by atoms with Gasteiger partial charge in [0.05, 0.1) is 18.5 Å². The number of phenols is 1. The van der Waals surface area contributed by atoms with Crippen molar-refractivity contribution in [2.75, 3.05) is 13.2 Å². The minimum atomic E-state index is -1.11. The Bertz CT molecular complexity index is 606. The van der Waals surface area contributed by atoms with E-state index in [0.717, 1.165) is 11.1 Å². The Morgan fingerprint density at radius 3 is 2.35 bits per heavy atom.